The van der Waals surface area contributed by atoms with Gasteiger partial charge in [0.2, 0.25) is 0 Å². The highest BCUT2D eigenvalue weighted by Crippen LogP contribution is 2.29. The third kappa shape index (κ3) is 4.98. The van der Waals surface area contributed by atoms with Crippen molar-refractivity contribution in [3.8, 4) is 0 Å². The summed E-state index contributed by atoms with van der Waals surface area (Å²) in [5, 5.41) is 2.00. The number of ether oxygens (including phenoxy) is 1. The molecule has 2 saturated heterocycles. The molecule has 0 radical (unpaired) electrons. The molecule has 7 nitrogen and oxygen atoms in total. The van der Waals surface area contributed by atoms with E-state index in [-0.39, 0.29) is 23.6 Å². The highest BCUT2D eigenvalue weighted by atomic mass is 19.1. The van der Waals surface area contributed by atoms with Gasteiger partial charge in [-0.15, -0.1) is 0 Å². The van der Waals surface area contributed by atoms with Crippen molar-refractivity contribution in [2.24, 2.45) is 5.92 Å². The third-order valence-corrected chi connectivity index (χ3v) is 7.17. The number of nitrogens with zero attached hydrogens (tertiary/aromatic N) is 4. The number of piperidine rings is 1. The van der Waals surface area contributed by atoms with Crippen LogP contribution in [0.5, 0.6) is 0 Å². The molecule has 2 aliphatic heterocycles. The molecule has 0 atom stereocenters. The summed E-state index contributed by atoms with van der Waals surface area (Å²) in [6.45, 7) is 6.45. The SMILES string of the molecule is CCOC(=O)C1CCN(C(=O)c2ccc3ccnc(N4CCN(c5ccc(F)cc5)CC4)c3c2)CC1. The molecule has 188 valence electrons. The van der Waals surface area contributed by atoms with Crippen LogP contribution in [0.25, 0.3) is 10.8 Å². The smallest absolute Gasteiger partial charge is 0.309 e. The van der Waals surface area contributed by atoms with E-state index in [0.29, 0.717) is 38.1 Å². The third-order valence-electron chi connectivity index (χ3n) is 7.17. The van der Waals surface area contributed by atoms with E-state index in [4.69, 9.17) is 4.74 Å². The highest BCUT2D eigenvalue weighted by molar-refractivity contribution is 6.01. The van der Waals surface area contributed by atoms with Crippen LogP contribution in [0, 0.1) is 11.7 Å². The fraction of sp³-hybridized carbons (Fsp3) is 0.393. The lowest BCUT2D eigenvalue weighted by atomic mass is 9.96. The summed E-state index contributed by atoms with van der Waals surface area (Å²) in [5.41, 5.74) is 1.65. The lowest BCUT2D eigenvalue weighted by molar-refractivity contribution is -0.149. The molecule has 2 fully saturated rings. The number of fused-ring (bicyclic) bond motifs is 1. The first kappa shape index (κ1) is 24.0. The maximum Gasteiger partial charge on any atom is 0.309 e. The van der Waals surface area contributed by atoms with Crippen LogP contribution in [0.1, 0.15) is 30.1 Å². The first-order valence-electron chi connectivity index (χ1n) is 12.6. The zero-order valence-electron chi connectivity index (χ0n) is 20.5. The maximum absolute atomic E-state index is 13.3. The van der Waals surface area contributed by atoms with Crippen molar-refractivity contribution in [1.29, 1.82) is 0 Å². The molecular weight excluding hydrogens is 459 g/mol. The number of carbonyl (C=O) groups is 2. The number of pyridine rings is 1. The highest BCUT2D eigenvalue weighted by Gasteiger charge is 2.29. The van der Waals surface area contributed by atoms with Gasteiger partial charge in [0.15, 0.2) is 0 Å². The average Bonchev–Trinajstić information content (AvgIpc) is 2.93. The first-order valence-corrected chi connectivity index (χ1v) is 12.6. The van der Waals surface area contributed by atoms with Gasteiger partial charge in [0.25, 0.3) is 5.91 Å². The molecule has 36 heavy (non-hydrogen) atoms. The van der Waals surface area contributed by atoms with Crippen molar-refractivity contribution in [2.45, 2.75) is 19.8 Å². The van der Waals surface area contributed by atoms with Gasteiger partial charge >= 0.3 is 5.97 Å². The zero-order chi connectivity index (χ0) is 25.1. The predicted octanol–water partition coefficient (Wildman–Crippen LogP) is 4.12. The second-order valence-electron chi connectivity index (χ2n) is 9.34. The number of rotatable bonds is 5. The molecule has 0 unspecified atom stereocenters. The minimum Gasteiger partial charge on any atom is -0.466 e. The molecule has 8 heteroatoms. The van der Waals surface area contributed by atoms with Crippen molar-refractivity contribution in [3.63, 3.8) is 0 Å². The standard InChI is InChI=1S/C28H31FN4O3/c1-2-36-28(35)21-10-13-33(14-11-21)27(34)22-4-3-20-9-12-30-26(25(20)19-22)32-17-15-31(16-18-32)24-7-5-23(29)6-8-24/h3-9,12,19,21H,2,10-11,13-18H2,1H3. The summed E-state index contributed by atoms with van der Waals surface area (Å²) in [6, 6.07) is 14.4. The summed E-state index contributed by atoms with van der Waals surface area (Å²) in [5.74, 6) is 0.337. The van der Waals surface area contributed by atoms with E-state index in [1.165, 1.54) is 12.1 Å². The Morgan fingerprint density at radius 2 is 1.64 bits per heavy atom. The van der Waals surface area contributed by atoms with Gasteiger partial charge in [0, 0.05) is 62.1 Å². The molecule has 0 spiro atoms. The number of esters is 1. The second-order valence-corrected chi connectivity index (χ2v) is 9.34. The quantitative estimate of drug-likeness (QED) is 0.502. The minimum atomic E-state index is -0.230. The van der Waals surface area contributed by atoms with Crippen LogP contribution in [0.2, 0.25) is 0 Å². The maximum atomic E-state index is 13.3. The lowest BCUT2D eigenvalue weighted by Crippen LogP contribution is -2.46. The van der Waals surface area contributed by atoms with E-state index in [1.54, 1.807) is 0 Å². The monoisotopic (exact) mass is 490 g/mol. The topological polar surface area (TPSA) is 66.0 Å². The number of hydrogen-bond acceptors (Lipinski definition) is 6. The van der Waals surface area contributed by atoms with Gasteiger partial charge in [-0.25, -0.2) is 9.37 Å². The summed E-state index contributed by atoms with van der Waals surface area (Å²) >= 11 is 0. The molecule has 0 aliphatic carbocycles. The van der Waals surface area contributed by atoms with E-state index in [0.717, 1.165) is 48.5 Å². The van der Waals surface area contributed by atoms with E-state index in [9.17, 15) is 14.0 Å². The number of likely N-dealkylation sites (tertiary alicyclic amines) is 1. The summed E-state index contributed by atoms with van der Waals surface area (Å²) in [7, 11) is 0. The van der Waals surface area contributed by atoms with Crippen molar-refractivity contribution < 1.29 is 18.7 Å². The van der Waals surface area contributed by atoms with E-state index < -0.39 is 0 Å². The summed E-state index contributed by atoms with van der Waals surface area (Å²) < 4.78 is 18.4. The lowest BCUT2D eigenvalue weighted by Gasteiger charge is -2.37. The van der Waals surface area contributed by atoms with Gasteiger partial charge in [-0.05, 0) is 67.6 Å². The van der Waals surface area contributed by atoms with Gasteiger partial charge in [0.1, 0.15) is 11.6 Å². The Morgan fingerprint density at radius 1 is 0.944 bits per heavy atom. The number of anilines is 2. The second kappa shape index (κ2) is 10.5. The van der Waals surface area contributed by atoms with Crippen LogP contribution in [0.3, 0.4) is 0 Å². The summed E-state index contributed by atoms with van der Waals surface area (Å²) in [4.78, 5) is 36.3. The number of carbonyl (C=O) groups excluding carboxylic acids is 2. The van der Waals surface area contributed by atoms with E-state index in [2.05, 4.69) is 14.8 Å². The van der Waals surface area contributed by atoms with Gasteiger partial charge < -0.3 is 19.4 Å². The van der Waals surface area contributed by atoms with Crippen LogP contribution >= 0.6 is 0 Å². The molecule has 3 heterocycles. The van der Waals surface area contributed by atoms with Gasteiger partial charge in [-0.1, -0.05) is 6.07 Å². The molecule has 0 saturated carbocycles. The number of aromatic nitrogens is 1. The zero-order valence-corrected chi connectivity index (χ0v) is 20.5. The van der Waals surface area contributed by atoms with Gasteiger partial charge in [0.05, 0.1) is 12.5 Å². The fourth-order valence-corrected chi connectivity index (χ4v) is 5.13. The Hall–Kier alpha value is -3.68. The fourth-order valence-electron chi connectivity index (χ4n) is 5.13. The molecule has 1 amide bonds. The van der Waals surface area contributed by atoms with Gasteiger partial charge in [-0.2, -0.15) is 0 Å². The number of piperazine rings is 1. The van der Waals surface area contributed by atoms with Crippen molar-refractivity contribution in [1.82, 2.24) is 9.88 Å². The molecule has 2 aromatic carbocycles. The molecule has 2 aliphatic rings. The number of halogens is 1. The van der Waals surface area contributed by atoms with Crippen LogP contribution < -0.4 is 9.80 Å². The Morgan fingerprint density at radius 3 is 2.33 bits per heavy atom. The van der Waals surface area contributed by atoms with Crippen molar-refractivity contribution >= 4 is 34.2 Å². The number of hydrogen-bond donors (Lipinski definition) is 0. The number of benzene rings is 2. The Balaban J connectivity index is 1.29. The molecule has 0 bridgehead atoms. The van der Waals surface area contributed by atoms with E-state index >= 15 is 0 Å². The van der Waals surface area contributed by atoms with Crippen molar-refractivity contribution in [2.75, 3.05) is 55.7 Å². The molecule has 1 aromatic heterocycles. The van der Waals surface area contributed by atoms with Crippen LogP contribution in [0.4, 0.5) is 15.9 Å². The average molecular weight is 491 g/mol. The van der Waals surface area contributed by atoms with Crippen LogP contribution in [-0.4, -0.2) is 67.6 Å². The summed E-state index contributed by atoms with van der Waals surface area (Å²) in [6.07, 6.45) is 3.07. The Labute approximate surface area is 210 Å². The number of amides is 1. The largest absolute Gasteiger partial charge is 0.466 e. The van der Waals surface area contributed by atoms with Crippen molar-refractivity contribution in [3.05, 3.63) is 66.1 Å². The van der Waals surface area contributed by atoms with Crippen LogP contribution in [0.15, 0.2) is 54.7 Å². The molecule has 5 rings (SSSR count). The molecular formula is C28H31FN4O3. The Bertz CT molecular complexity index is 1230. The molecule has 3 aromatic rings. The normalized spacial score (nSPS) is 16.9. The van der Waals surface area contributed by atoms with E-state index in [1.807, 2.05) is 54.4 Å². The minimum absolute atomic E-state index is 0.0184. The predicted molar refractivity (Wildman–Crippen MR) is 138 cm³/mol. The Kier molecular flexibility index (Phi) is 7.02. The van der Waals surface area contributed by atoms with Crippen LogP contribution in [-0.2, 0) is 9.53 Å². The first-order chi connectivity index (χ1) is 17.5. The molecule has 0 N–H and O–H groups in total. The van der Waals surface area contributed by atoms with Gasteiger partial charge in [-0.3, -0.25) is 9.59 Å².